The van der Waals surface area contributed by atoms with Gasteiger partial charge in [-0.1, -0.05) is 34.6 Å². The van der Waals surface area contributed by atoms with E-state index in [1.54, 1.807) is 0 Å². The Hall–Kier alpha value is -1.09. The normalized spacial score (nSPS) is 11.3. The number of aryl methyl sites for hydroxylation is 1. The largest absolute Gasteiger partial charge is 0.370 e. The van der Waals surface area contributed by atoms with Crippen molar-refractivity contribution in [2.24, 2.45) is 11.8 Å². The highest BCUT2D eigenvalue weighted by atomic mass is 15.0. The summed E-state index contributed by atoms with van der Waals surface area (Å²) in [5.74, 6) is 2.33. The zero-order valence-electron chi connectivity index (χ0n) is 13.1. The number of rotatable bonds is 8. The van der Waals surface area contributed by atoms with Crippen LogP contribution >= 0.6 is 0 Å². The fraction of sp³-hybridized carbons (Fsp3) is 0.688. The molecule has 0 aliphatic heterocycles. The maximum atomic E-state index is 4.63. The number of pyridine rings is 1. The molecule has 0 aliphatic carbocycles. The summed E-state index contributed by atoms with van der Waals surface area (Å²) in [5.41, 5.74) is 2.48. The summed E-state index contributed by atoms with van der Waals surface area (Å²) < 4.78 is 0. The van der Waals surface area contributed by atoms with Crippen LogP contribution in [-0.4, -0.2) is 18.1 Å². The second-order valence-corrected chi connectivity index (χ2v) is 6.01. The third-order valence-corrected chi connectivity index (χ3v) is 2.87. The molecule has 0 unspecified atom stereocenters. The maximum Gasteiger partial charge on any atom is 0.126 e. The van der Waals surface area contributed by atoms with Crippen molar-refractivity contribution < 1.29 is 0 Å². The average Bonchev–Trinajstić information content (AvgIpc) is 2.35. The van der Waals surface area contributed by atoms with Crippen LogP contribution in [-0.2, 0) is 13.0 Å². The molecule has 0 aliphatic rings. The average molecular weight is 263 g/mol. The van der Waals surface area contributed by atoms with Crippen LogP contribution in [0.1, 0.15) is 45.9 Å². The molecule has 0 atom stereocenters. The number of aromatic nitrogens is 1. The standard InChI is InChI=1S/C16H29N3/c1-6-15-7-14(11-17-9-12(2)3)8-16(19-15)18-10-13(4)5/h7-8,12-13,17H,6,9-11H2,1-5H3,(H,18,19). The van der Waals surface area contributed by atoms with Gasteiger partial charge in [0.2, 0.25) is 0 Å². The maximum absolute atomic E-state index is 4.63. The molecule has 1 aromatic rings. The number of nitrogens with one attached hydrogen (secondary N) is 2. The lowest BCUT2D eigenvalue weighted by Crippen LogP contribution is -2.19. The van der Waals surface area contributed by atoms with Gasteiger partial charge in [-0.15, -0.1) is 0 Å². The summed E-state index contributed by atoms with van der Waals surface area (Å²) in [6.07, 6.45) is 0.981. The number of hydrogen-bond donors (Lipinski definition) is 2. The molecule has 2 N–H and O–H groups in total. The predicted octanol–water partition coefficient (Wildman–Crippen LogP) is 3.46. The van der Waals surface area contributed by atoms with Gasteiger partial charge in [0, 0.05) is 18.8 Å². The number of hydrogen-bond acceptors (Lipinski definition) is 3. The van der Waals surface area contributed by atoms with Gasteiger partial charge in [-0.05, 0) is 42.5 Å². The number of nitrogens with zero attached hydrogens (tertiary/aromatic N) is 1. The van der Waals surface area contributed by atoms with E-state index in [0.29, 0.717) is 11.8 Å². The van der Waals surface area contributed by atoms with Crippen LogP contribution in [0, 0.1) is 11.8 Å². The first-order valence-corrected chi connectivity index (χ1v) is 7.45. The van der Waals surface area contributed by atoms with Gasteiger partial charge < -0.3 is 10.6 Å². The fourth-order valence-corrected chi connectivity index (χ4v) is 1.84. The minimum absolute atomic E-state index is 0.634. The zero-order valence-corrected chi connectivity index (χ0v) is 13.1. The lowest BCUT2D eigenvalue weighted by Gasteiger charge is -2.13. The van der Waals surface area contributed by atoms with Crippen molar-refractivity contribution in [3.63, 3.8) is 0 Å². The van der Waals surface area contributed by atoms with Crippen LogP contribution < -0.4 is 10.6 Å². The molecule has 108 valence electrons. The molecule has 19 heavy (non-hydrogen) atoms. The molecule has 1 aromatic heterocycles. The molecule has 3 heteroatoms. The van der Waals surface area contributed by atoms with E-state index >= 15 is 0 Å². The van der Waals surface area contributed by atoms with E-state index in [4.69, 9.17) is 0 Å². The monoisotopic (exact) mass is 263 g/mol. The summed E-state index contributed by atoms with van der Waals surface area (Å²) in [6.45, 7) is 14.0. The Morgan fingerprint density at radius 1 is 1.05 bits per heavy atom. The van der Waals surface area contributed by atoms with Crippen molar-refractivity contribution in [1.82, 2.24) is 10.3 Å². The van der Waals surface area contributed by atoms with Gasteiger partial charge in [0.1, 0.15) is 5.82 Å². The fourth-order valence-electron chi connectivity index (χ4n) is 1.84. The minimum atomic E-state index is 0.634. The van der Waals surface area contributed by atoms with Crippen molar-refractivity contribution in [2.75, 3.05) is 18.4 Å². The molecule has 0 radical (unpaired) electrons. The Kier molecular flexibility index (Phi) is 6.85. The molecular weight excluding hydrogens is 234 g/mol. The summed E-state index contributed by atoms with van der Waals surface area (Å²) in [5, 5.41) is 6.91. The zero-order chi connectivity index (χ0) is 14.3. The molecule has 0 saturated heterocycles. The van der Waals surface area contributed by atoms with E-state index in [9.17, 15) is 0 Å². The summed E-state index contributed by atoms with van der Waals surface area (Å²) >= 11 is 0. The van der Waals surface area contributed by atoms with Gasteiger partial charge in [0.05, 0.1) is 0 Å². The van der Waals surface area contributed by atoms with Crippen LogP contribution in [0.25, 0.3) is 0 Å². The molecule has 0 spiro atoms. The van der Waals surface area contributed by atoms with Crippen LogP contribution in [0.2, 0.25) is 0 Å². The SMILES string of the molecule is CCc1cc(CNCC(C)C)cc(NCC(C)C)n1. The van der Waals surface area contributed by atoms with Gasteiger partial charge in [-0.2, -0.15) is 0 Å². The van der Waals surface area contributed by atoms with E-state index in [1.165, 1.54) is 5.56 Å². The molecule has 1 heterocycles. The Balaban J connectivity index is 2.66. The number of anilines is 1. The van der Waals surface area contributed by atoms with Gasteiger partial charge >= 0.3 is 0 Å². The lowest BCUT2D eigenvalue weighted by molar-refractivity contribution is 0.552. The molecule has 0 amide bonds. The van der Waals surface area contributed by atoms with Gasteiger partial charge in [0.15, 0.2) is 0 Å². The molecule has 1 rings (SSSR count). The second-order valence-electron chi connectivity index (χ2n) is 6.01. The third kappa shape index (κ3) is 6.58. The summed E-state index contributed by atoms with van der Waals surface area (Å²) in [7, 11) is 0. The Bertz CT molecular complexity index is 372. The van der Waals surface area contributed by atoms with Crippen LogP contribution in [0.15, 0.2) is 12.1 Å². The van der Waals surface area contributed by atoms with E-state index in [-0.39, 0.29) is 0 Å². The molecule has 0 saturated carbocycles. The van der Waals surface area contributed by atoms with E-state index in [2.05, 4.69) is 62.4 Å². The Morgan fingerprint density at radius 2 is 1.74 bits per heavy atom. The van der Waals surface area contributed by atoms with E-state index in [1.807, 2.05) is 0 Å². The molecule has 0 fully saturated rings. The predicted molar refractivity (Wildman–Crippen MR) is 83.5 cm³/mol. The van der Waals surface area contributed by atoms with Crippen molar-refractivity contribution in [3.05, 3.63) is 23.4 Å². The molecule has 0 aromatic carbocycles. The highest BCUT2D eigenvalue weighted by molar-refractivity contribution is 5.39. The molecule has 0 bridgehead atoms. The van der Waals surface area contributed by atoms with Crippen molar-refractivity contribution in [2.45, 2.75) is 47.6 Å². The molecule has 3 nitrogen and oxygen atoms in total. The van der Waals surface area contributed by atoms with Crippen molar-refractivity contribution >= 4 is 5.82 Å². The van der Waals surface area contributed by atoms with Crippen LogP contribution in [0.4, 0.5) is 5.82 Å². The lowest BCUT2D eigenvalue weighted by atomic mass is 10.1. The first-order valence-electron chi connectivity index (χ1n) is 7.45. The molecular formula is C16H29N3. The van der Waals surface area contributed by atoms with Crippen LogP contribution in [0.3, 0.4) is 0 Å². The Labute approximate surface area is 118 Å². The smallest absolute Gasteiger partial charge is 0.126 e. The van der Waals surface area contributed by atoms with E-state index in [0.717, 1.165) is 37.6 Å². The van der Waals surface area contributed by atoms with Gasteiger partial charge in [0.25, 0.3) is 0 Å². The van der Waals surface area contributed by atoms with Gasteiger partial charge in [-0.3, -0.25) is 0 Å². The van der Waals surface area contributed by atoms with Crippen molar-refractivity contribution in [3.8, 4) is 0 Å². The quantitative estimate of drug-likeness (QED) is 0.754. The summed E-state index contributed by atoms with van der Waals surface area (Å²) in [4.78, 5) is 4.63. The first kappa shape index (κ1) is 16.0. The highest BCUT2D eigenvalue weighted by Crippen LogP contribution is 2.12. The summed E-state index contributed by atoms with van der Waals surface area (Å²) in [6, 6.07) is 4.36. The highest BCUT2D eigenvalue weighted by Gasteiger charge is 2.03. The second kappa shape index (κ2) is 8.16. The van der Waals surface area contributed by atoms with Crippen LogP contribution in [0.5, 0.6) is 0 Å². The van der Waals surface area contributed by atoms with Crippen molar-refractivity contribution in [1.29, 1.82) is 0 Å². The topological polar surface area (TPSA) is 37.0 Å². The van der Waals surface area contributed by atoms with E-state index < -0.39 is 0 Å². The first-order chi connectivity index (χ1) is 9.01. The Morgan fingerprint density at radius 3 is 2.32 bits per heavy atom. The minimum Gasteiger partial charge on any atom is -0.370 e. The third-order valence-electron chi connectivity index (χ3n) is 2.87. The van der Waals surface area contributed by atoms with Gasteiger partial charge in [-0.25, -0.2) is 4.98 Å².